The number of aliphatic hydroxyl groups is 2. The maximum Gasteiger partial charge on any atom is 0.323 e. The topological polar surface area (TPSA) is 155 Å². The lowest BCUT2D eigenvalue weighted by Gasteiger charge is -2.36. The van der Waals surface area contributed by atoms with Crippen molar-refractivity contribution in [2.45, 2.75) is 49.9 Å². The van der Waals surface area contributed by atoms with Gasteiger partial charge in [0.25, 0.3) is 0 Å². The highest BCUT2D eigenvalue weighted by molar-refractivity contribution is 5.99. The molecule has 2 unspecified atom stereocenters. The number of pyridine rings is 1. The van der Waals surface area contributed by atoms with E-state index in [9.17, 15) is 15.0 Å². The zero-order valence-corrected chi connectivity index (χ0v) is 26.1. The van der Waals surface area contributed by atoms with Crippen LogP contribution in [0.15, 0.2) is 42.6 Å². The van der Waals surface area contributed by atoms with Crippen molar-refractivity contribution >= 4 is 35.1 Å². The van der Waals surface area contributed by atoms with Gasteiger partial charge < -0.3 is 45.2 Å². The van der Waals surface area contributed by atoms with E-state index >= 15 is 0 Å². The number of benzene rings is 1. The third-order valence-corrected chi connectivity index (χ3v) is 9.59. The van der Waals surface area contributed by atoms with Gasteiger partial charge in [0.1, 0.15) is 5.82 Å². The normalized spacial score (nSPS) is 24.8. The minimum Gasteiger partial charge on any atom is -0.394 e. The van der Waals surface area contributed by atoms with Crippen molar-refractivity contribution in [2.75, 3.05) is 85.0 Å². The molecular formula is C32H42N10O4. The molecule has 4 atom stereocenters. The van der Waals surface area contributed by atoms with Gasteiger partial charge in [-0.3, -0.25) is 0 Å². The number of hydrogen-bond acceptors (Lipinski definition) is 12. The Hall–Kier alpha value is -4.11. The van der Waals surface area contributed by atoms with E-state index in [1.165, 1.54) is 0 Å². The van der Waals surface area contributed by atoms with Gasteiger partial charge in [-0.05, 0) is 69.1 Å². The summed E-state index contributed by atoms with van der Waals surface area (Å²) in [5.74, 6) is 2.44. The molecule has 0 radical (unpaired) electrons. The summed E-state index contributed by atoms with van der Waals surface area (Å²) in [6.45, 7) is 5.03. The SMILES string of the molecule is CN1CCN(c2ccc(NC(=O)Nc3ccc(-c4nc(N5C6CCC5COC6)nc(N5[C@H](CO)CC[C@@H]5CO)n4)cc3)cn2)CC1. The quantitative estimate of drug-likeness (QED) is 0.288. The Morgan fingerprint density at radius 1 is 0.804 bits per heavy atom. The minimum absolute atomic E-state index is 0.0471. The van der Waals surface area contributed by atoms with Crippen LogP contribution < -0.4 is 25.3 Å². The number of fused-ring (bicyclic) bond motifs is 2. The number of likely N-dealkylation sites (N-methyl/N-ethyl adjacent to an activating group) is 1. The first-order valence-corrected chi connectivity index (χ1v) is 16.2. The van der Waals surface area contributed by atoms with Crippen LogP contribution in [0.3, 0.4) is 0 Å². The van der Waals surface area contributed by atoms with Crippen molar-refractivity contribution in [2.24, 2.45) is 0 Å². The molecule has 244 valence electrons. The first kappa shape index (κ1) is 30.5. The van der Waals surface area contributed by atoms with Crippen LogP contribution in [0.4, 0.5) is 33.9 Å². The Morgan fingerprint density at radius 3 is 2.02 bits per heavy atom. The first-order chi connectivity index (χ1) is 22.5. The molecule has 0 saturated carbocycles. The van der Waals surface area contributed by atoms with Gasteiger partial charge in [0, 0.05) is 37.4 Å². The number of amides is 2. The summed E-state index contributed by atoms with van der Waals surface area (Å²) in [6.07, 6.45) is 5.21. The van der Waals surface area contributed by atoms with E-state index in [-0.39, 0.29) is 43.4 Å². The van der Waals surface area contributed by atoms with Crippen LogP contribution in [0.1, 0.15) is 25.7 Å². The average molecular weight is 631 g/mol. The van der Waals surface area contributed by atoms with Crippen LogP contribution in [0, 0.1) is 0 Å². The van der Waals surface area contributed by atoms with Crippen molar-refractivity contribution in [3.05, 3.63) is 42.6 Å². The fourth-order valence-corrected chi connectivity index (χ4v) is 6.99. The van der Waals surface area contributed by atoms with Crippen LogP contribution in [-0.4, -0.2) is 125 Å². The third kappa shape index (κ3) is 6.30. The summed E-state index contributed by atoms with van der Waals surface area (Å²) in [4.78, 5) is 40.8. The van der Waals surface area contributed by atoms with Crippen LogP contribution in [0.25, 0.3) is 11.4 Å². The summed E-state index contributed by atoms with van der Waals surface area (Å²) in [5.41, 5.74) is 1.99. The Bertz CT molecular complexity index is 1470. The summed E-state index contributed by atoms with van der Waals surface area (Å²) < 4.78 is 5.80. The molecule has 0 aliphatic carbocycles. The number of rotatable bonds is 8. The van der Waals surface area contributed by atoms with Crippen LogP contribution in [-0.2, 0) is 4.74 Å². The van der Waals surface area contributed by atoms with E-state index in [2.05, 4.69) is 37.4 Å². The summed E-state index contributed by atoms with van der Waals surface area (Å²) >= 11 is 0. The molecule has 4 N–H and O–H groups in total. The number of anilines is 5. The maximum absolute atomic E-state index is 12.8. The standard InChI is InChI=1S/C32H42N10O4/c1-39-12-14-40(15-13-39)28-11-6-23(16-33-28)35-32(45)34-22-4-2-21(3-5-22)29-36-30(41-24(17-43)7-8-25(41)18-44)38-31(37-29)42-26-9-10-27(42)20-46-19-26/h2-6,11,16,24-27,43-44H,7-10,12-15,17-20H2,1H3,(H2,34,35,45)/t24-,25+,26?,27?. The molecule has 4 aliphatic rings. The molecule has 4 fully saturated rings. The highest BCUT2D eigenvalue weighted by Crippen LogP contribution is 2.36. The molecule has 7 rings (SSSR count). The average Bonchev–Trinajstić information content (AvgIpc) is 3.62. The van der Waals surface area contributed by atoms with Crippen molar-refractivity contribution in [1.82, 2.24) is 24.8 Å². The second kappa shape index (κ2) is 13.3. The fraction of sp³-hybridized carbons (Fsp3) is 0.531. The number of nitrogens with zero attached hydrogens (tertiary/aromatic N) is 8. The number of nitrogens with one attached hydrogen (secondary N) is 2. The molecule has 4 aliphatic heterocycles. The smallest absolute Gasteiger partial charge is 0.323 e. The van der Waals surface area contributed by atoms with Gasteiger partial charge in [0.2, 0.25) is 11.9 Å². The van der Waals surface area contributed by atoms with Gasteiger partial charge in [-0.25, -0.2) is 9.78 Å². The Morgan fingerprint density at radius 2 is 1.41 bits per heavy atom. The molecule has 2 aromatic heterocycles. The highest BCUT2D eigenvalue weighted by atomic mass is 16.5. The van der Waals surface area contributed by atoms with E-state index in [1.807, 2.05) is 41.3 Å². The first-order valence-electron chi connectivity index (χ1n) is 16.2. The largest absolute Gasteiger partial charge is 0.394 e. The number of ether oxygens (including phenoxy) is 1. The molecule has 2 bridgehead atoms. The monoisotopic (exact) mass is 630 g/mol. The molecule has 46 heavy (non-hydrogen) atoms. The van der Waals surface area contributed by atoms with E-state index in [1.54, 1.807) is 6.20 Å². The molecule has 1 aromatic carbocycles. The van der Waals surface area contributed by atoms with Gasteiger partial charge in [-0.1, -0.05) is 0 Å². The number of aromatic nitrogens is 4. The second-order valence-electron chi connectivity index (χ2n) is 12.6. The maximum atomic E-state index is 12.8. The number of morpholine rings is 1. The number of hydrogen-bond donors (Lipinski definition) is 4. The molecule has 6 heterocycles. The number of urea groups is 1. The zero-order valence-electron chi connectivity index (χ0n) is 26.1. The lowest BCUT2D eigenvalue weighted by molar-refractivity contribution is 0.0897. The van der Waals surface area contributed by atoms with E-state index < -0.39 is 0 Å². The highest BCUT2D eigenvalue weighted by Gasteiger charge is 2.41. The van der Waals surface area contributed by atoms with Gasteiger partial charge in [0.15, 0.2) is 5.82 Å². The molecular weight excluding hydrogens is 588 g/mol. The van der Waals surface area contributed by atoms with E-state index in [4.69, 9.17) is 19.7 Å². The van der Waals surface area contributed by atoms with Gasteiger partial charge in [-0.2, -0.15) is 15.0 Å². The van der Waals surface area contributed by atoms with Crippen LogP contribution in [0.5, 0.6) is 0 Å². The van der Waals surface area contributed by atoms with Crippen molar-refractivity contribution < 1.29 is 19.7 Å². The zero-order chi connectivity index (χ0) is 31.6. The number of aliphatic hydroxyl groups excluding tert-OH is 2. The molecule has 14 nitrogen and oxygen atoms in total. The fourth-order valence-electron chi connectivity index (χ4n) is 6.99. The Kier molecular flexibility index (Phi) is 8.84. The van der Waals surface area contributed by atoms with Gasteiger partial charge in [0.05, 0.1) is 62.5 Å². The van der Waals surface area contributed by atoms with Gasteiger partial charge in [-0.15, -0.1) is 0 Å². The molecule has 4 saturated heterocycles. The predicted molar refractivity (Wildman–Crippen MR) is 175 cm³/mol. The summed E-state index contributed by atoms with van der Waals surface area (Å²) in [6, 6.07) is 10.8. The predicted octanol–water partition coefficient (Wildman–Crippen LogP) is 2.02. The van der Waals surface area contributed by atoms with Crippen molar-refractivity contribution in [3.63, 3.8) is 0 Å². The minimum atomic E-state index is -0.367. The van der Waals surface area contributed by atoms with E-state index in [0.29, 0.717) is 42.3 Å². The molecule has 0 spiro atoms. The van der Waals surface area contributed by atoms with Crippen LogP contribution in [0.2, 0.25) is 0 Å². The lowest BCUT2D eigenvalue weighted by atomic mass is 10.2. The Balaban J connectivity index is 1.07. The van der Waals surface area contributed by atoms with Crippen molar-refractivity contribution in [1.29, 1.82) is 0 Å². The summed E-state index contributed by atoms with van der Waals surface area (Å²) in [5, 5.41) is 26.0. The number of piperazine rings is 1. The molecule has 3 aromatic rings. The Labute approximate surface area is 268 Å². The number of carbonyl (C=O) groups is 1. The molecule has 2 amide bonds. The van der Waals surface area contributed by atoms with Crippen LogP contribution >= 0.6 is 0 Å². The third-order valence-electron chi connectivity index (χ3n) is 9.59. The second-order valence-corrected chi connectivity index (χ2v) is 12.6. The summed E-state index contributed by atoms with van der Waals surface area (Å²) in [7, 11) is 2.12. The molecule has 14 heteroatoms. The lowest BCUT2D eigenvalue weighted by Crippen LogP contribution is -2.47. The van der Waals surface area contributed by atoms with Crippen molar-refractivity contribution in [3.8, 4) is 11.4 Å². The number of carbonyl (C=O) groups excluding carboxylic acids is 1. The van der Waals surface area contributed by atoms with E-state index in [0.717, 1.165) is 63.2 Å². The van der Waals surface area contributed by atoms with Gasteiger partial charge >= 0.3 is 6.03 Å².